The van der Waals surface area contributed by atoms with Crippen molar-refractivity contribution in [2.45, 2.75) is 31.5 Å². The third-order valence-electron chi connectivity index (χ3n) is 4.41. The summed E-state index contributed by atoms with van der Waals surface area (Å²) in [4.78, 5) is 16.1. The molecule has 0 saturated carbocycles. The molecule has 0 spiro atoms. The molecule has 1 fully saturated rings. The number of halogens is 2. The second-order valence-electron chi connectivity index (χ2n) is 6.31. The molecule has 3 heterocycles. The molecular weight excluding hydrogens is 340 g/mol. The van der Waals surface area contributed by atoms with E-state index in [0.29, 0.717) is 18.1 Å². The molecule has 26 heavy (non-hydrogen) atoms. The second kappa shape index (κ2) is 8.33. The monoisotopic (exact) mass is 363 g/mol. The molecule has 9 heteroatoms. The minimum atomic E-state index is -2.64. The van der Waals surface area contributed by atoms with E-state index < -0.39 is 6.43 Å². The van der Waals surface area contributed by atoms with Crippen LogP contribution in [0.25, 0.3) is 0 Å². The van der Waals surface area contributed by atoms with Crippen molar-refractivity contribution < 1.29 is 8.78 Å². The molecule has 3 N–H and O–H groups in total. The van der Waals surface area contributed by atoms with Crippen LogP contribution in [0.4, 0.5) is 8.78 Å². The third-order valence-corrected chi connectivity index (χ3v) is 4.41. The van der Waals surface area contributed by atoms with E-state index >= 15 is 0 Å². The van der Waals surface area contributed by atoms with E-state index in [-0.39, 0.29) is 17.9 Å². The van der Waals surface area contributed by atoms with Gasteiger partial charge in [-0.3, -0.25) is 14.9 Å². The predicted octanol–water partition coefficient (Wildman–Crippen LogP) is 1.29. The van der Waals surface area contributed by atoms with Crippen molar-refractivity contribution in [1.82, 2.24) is 15.1 Å². The Bertz CT molecular complexity index is 681. The number of hydrogen-bond acceptors (Lipinski definition) is 7. The van der Waals surface area contributed by atoms with Gasteiger partial charge in [0.25, 0.3) is 6.43 Å². The van der Waals surface area contributed by atoms with Crippen molar-refractivity contribution >= 4 is 18.8 Å². The number of aliphatic imine (C=N–C) groups is 3. The zero-order chi connectivity index (χ0) is 18.5. The summed E-state index contributed by atoms with van der Waals surface area (Å²) in [6, 6.07) is 0.144. The standard InChI is InChI=1S/C17H23F2N7/c1-21-9-14(25-8-6-22-13(11-25)16(18)19)17-23-5-4-15(24-17)26-7-2-3-12(20)10-26/h4-6,9,11-12,15-16H,1-3,7-8,10,20H2,(H,23,24)/b14-9-. The van der Waals surface area contributed by atoms with Crippen LogP contribution in [-0.2, 0) is 0 Å². The van der Waals surface area contributed by atoms with Crippen molar-refractivity contribution in [2.75, 3.05) is 19.6 Å². The molecule has 1 saturated heterocycles. The first-order valence-corrected chi connectivity index (χ1v) is 8.54. The van der Waals surface area contributed by atoms with Gasteiger partial charge in [0.15, 0.2) is 5.84 Å². The summed E-state index contributed by atoms with van der Waals surface area (Å²) < 4.78 is 26.0. The highest BCUT2D eigenvalue weighted by Gasteiger charge is 2.26. The fraction of sp³-hybridized carbons (Fsp3) is 0.471. The number of rotatable bonds is 5. The summed E-state index contributed by atoms with van der Waals surface area (Å²) in [6.07, 6.45) is 7.28. The smallest absolute Gasteiger partial charge is 0.281 e. The first kappa shape index (κ1) is 18.4. The van der Waals surface area contributed by atoms with Gasteiger partial charge in [-0.1, -0.05) is 0 Å². The van der Waals surface area contributed by atoms with Crippen LogP contribution >= 0.6 is 0 Å². The van der Waals surface area contributed by atoms with Crippen LogP contribution in [0.15, 0.2) is 51.0 Å². The number of hydrogen-bond donors (Lipinski definition) is 2. The maximum atomic E-state index is 13.0. The quantitative estimate of drug-likeness (QED) is 0.721. The number of nitrogens with one attached hydrogen (secondary N) is 1. The second-order valence-corrected chi connectivity index (χ2v) is 6.31. The Kier molecular flexibility index (Phi) is 5.89. The molecule has 0 aliphatic carbocycles. The van der Waals surface area contributed by atoms with Gasteiger partial charge in [-0.25, -0.2) is 13.8 Å². The summed E-state index contributed by atoms with van der Waals surface area (Å²) in [7, 11) is 0. The van der Waals surface area contributed by atoms with Crippen LogP contribution in [0, 0.1) is 0 Å². The lowest BCUT2D eigenvalue weighted by Crippen LogP contribution is -2.48. The summed E-state index contributed by atoms with van der Waals surface area (Å²) in [5, 5.41) is 3.08. The minimum Gasteiger partial charge on any atom is -0.345 e. The molecule has 3 rings (SSSR count). The molecule has 0 radical (unpaired) electrons. The maximum Gasteiger partial charge on any atom is 0.281 e. The fourth-order valence-electron chi connectivity index (χ4n) is 3.17. The molecule has 0 aromatic heterocycles. The number of amidine groups is 1. The molecule has 7 nitrogen and oxygen atoms in total. The molecule has 0 bridgehead atoms. The molecule has 3 aliphatic rings. The largest absolute Gasteiger partial charge is 0.345 e. The zero-order valence-electron chi connectivity index (χ0n) is 14.4. The van der Waals surface area contributed by atoms with E-state index in [1.54, 1.807) is 11.1 Å². The SMILES string of the molecule is C=N/C=C(/C1=NC(N2CCCC(N)C2)C=CN1)N1C=C(C(F)F)N=CC1. The van der Waals surface area contributed by atoms with Crippen molar-refractivity contribution in [3.63, 3.8) is 0 Å². The van der Waals surface area contributed by atoms with Crippen LogP contribution in [-0.4, -0.2) is 66.8 Å². The van der Waals surface area contributed by atoms with Crippen LogP contribution in [0.5, 0.6) is 0 Å². The van der Waals surface area contributed by atoms with E-state index in [4.69, 9.17) is 10.7 Å². The zero-order valence-corrected chi connectivity index (χ0v) is 14.4. The summed E-state index contributed by atoms with van der Waals surface area (Å²) >= 11 is 0. The van der Waals surface area contributed by atoms with E-state index in [2.05, 4.69) is 26.9 Å². The third kappa shape index (κ3) is 4.23. The van der Waals surface area contributed by atoms with Gasteiger partial charge in [0.1, 0.15) is 17.6 Å². The average Bonchev–Trinajstić information content (AvgIpc) is 2.66. The maximum absolute atomic E-state index is 13.0. The molecule has 3 aliphatic heterocycles. The van der Waals surface area contributed by atoms with Crippen molar-refractivity contribution in [3.8, 4) is 0 Å². The van der Waals surface area contributed by atoms with Gasteiger partial charge in [0, 0.05) is 37.7 Å². The Morgan fingerprint density at radius 1 is 1.50 bits per heavy atom. The van der Waals surface area contributed by atoms with Gasteiger partial charge in [0.05, 0.1) is 12.7 Å². The lowest BCUT2D eigenvalue weighted by atomic mass is 10.1. The van der Waals surface area contributed by atoms with Gasteiger partial charge in [-0.15, -0.1) is 0 Å². The van der Waals surface area contributed by atoms with Gasteiger partial charge < -0.3 is 16.0 Å². The van der Waals surface area contributed by atoms with Crippen LogP contribution in [0.1, 0.15) is 12.8 Å². The highest BCUT2D eigenvalue weighted by atomic mass is 19.3. The van der Waals surface area contributed by atoms with E-state index in [9.17, 15) is 8.78 Å². The highest BCUT2D eigenvalue weighted by molar-refractivity contribution is 5.99. The Morgan fingerprint density at radius 3 is 3.08 bits per heavy atom. The summed E-state index contributed by atoms with van der Waals surface area (Å²) in [6.45, 7) is 5.52. The molecule has 0 aromatic carbocycles. The molecule has 2 unspecified atom stereocenters. The average molecular weight is 363 g/mol. The van der Waals surface area contributed by atoms with E-state index in [1.807, 2.05) is 6.08 Å². The van der Waals surface area contributed by atoms with Crippen molar-refractivity contribution in [1.29, 1.82) is 0 Å². The van der Waals surface area contributed by atoms with Gasteiger partial charge in [-0.05, 0) is 25.6 Å². The lowest BCUT2D eigenvalue weighted by Gasteiger charge is -2.36. The number of piperidine rings is 1. The Morgan fingerprint density at radius 2 is 2.35 bits per heavy atom. The molecule has 0 aromatic rings. The molecular formula is C17H23F2N7. The summed E-state index contributed by atoms with van der Waals surface area (Å²) in [5.74, 6) is 0.546. The van der Waals surface area contributed by atoms with Crippen LogP contribution in [0.2, 0.25) is 0 Å². The molecule has 0 amide bonds. The number of likely N-dealkylation sites (tertiary alicyclic amines) is 1. The number of alkyl halides is 2. The molecule has 2 atom stereocenters. The normalized spacial score (nSPS) is 27.2. The fourth-order valence-corrected chi connectivity index (χ4v) is 3.17. The van der Waals surface area contributed by atoms with Gasteiger partial charge >= 0.3 is 0 Å². The van der Waals surface area contributed by atoms with Crippen molar-refractivity contribution in [3.05, 3.63) is 36.1 Å². The Labute approximate surface area is 151 Å². The van der Waals surface area contributed by atoms with Gasteiger partial charge in [-0.2, -0.15) is 0 Å². The van der Waals surface area contributed by atoms with Gasteiger partial charge in [0.2, 0.25) is 0 Å². The first-order valence-electron chi connectivity index (χ1n) is 8.54. The number of allylic oxidation sites excluding steroid dienone is 1. The number of nitrogens with zero attached hydrogens (tertiary/aromatic N) is 5. The predicted molar refractivity (Wildman–Crippen MR) is 99.2 cm³/mol. The molecule has 140 valence electrons. The van der Waals surface area contributed by atoms with Crippen LogP contribution in [0.3, 0.4) is 0 Å². The highest BCUT2D eigenvalue weighted by Crippen LogP contribution is 2.20. The van der Waals surface area contributed by atoms with Crippen molar-refractivity contribution in [2.24, 2.45) is 20.7 Å². The lowest BCUT2D eigenvalue weighted by molar-refractivity contribution is 0.177. The Balaban J connectivity index is 1.83. The topological polar surface area (TPSA) is 81.6 Å². The summed E-state index contributed by atoms with van der Waals surface area (Å²) in [5.41, 5.74) is 6.33. The number of nitrogens with two attached hydrogens (primary N) is 1. The van der Waals surface area contributed by atoms with E-state index in [0.717, 1.165) is 25.9 Å². The minimum absolute atomic E-state index is 0.144. The van der Waals surface area contributed by atoms with E-state index in [1.165, 1.54) is 18.6 Å². The van der Waals surface area contributed by atoms with Crippen LogP contribution < -0.4 is 11.1 Å². The Hall–Kier alpha value is -2.39. The first-order chi connectivity index (χ1) is 12.6.